The minimum atomic E-state index is -0.118. The SMILES string of the molecule is OC1CCN(CCCOc2ccc(Oc3nc4ccccc4o3)cc2)CC1. The van der Waals surface area contributed by atoms with Gasteiger partial charge in [0.25, 0.3) is 0 Å². The number of fused-ring (bicyclic) bond motifs is 1. The van der Waals surface area contributed by atoms with Gasteiger partial charge in [0.05, 0.1) is 12.7 Å². The Morgan fingerprint density at radius 2 is 1.78 bits per heavy atom. The number of nitrogens with zero attached hydrogens (tertiary/aromatic N) is 2. The van der Waals surface area contributed by atoms with E-state index in [1.54, 1.807) is 0 Å². The van der Waals surface area contributed by atoms with E-state index < -0.39 is 0 Å². The summed E-state index contributed by atoms with van der Waals surface area (Å²) in [5.41, 5.74) is 1.48. The van der Waals surface area contributed by atoms with E-state index in [4.69, 9.17) is 13.9 Å². The van der Waals surface area contributed by atoms with Crippen LogP contribution in [0.1, 0.15) is 19.3 Å². The summed E-state index contributed by atoms with van der Waals surface area (Å²) in [5.74, 6) is 1.47. The van der Waals surface area contributed by atoms with Gasteiger partial charge in [0, 0.05) is 19.6 Å². The van der Waals surface area contributed by atoms with E-state index in [0.29, 0.717) is 17.9 Å². The number of para-hydroxylation sites is 2. The van der Waals surface area contributed by atoms with E-state index in [1.165, 1.54) is 0 Å². The van der Waals surface area contributed by atoms with Crippen molar-refractivity contribution in [1.29, 1.82) is 0 Å². The number of hydrogen-bond donors (Lipinski definition) is 1. The molecule has 27 heavy (non-hydrogen) atoms. The first kappa shape index (κ1) is 17.8. The van der Waals surface area contributed by atoms with E-state index in [-0.39, 0.29) is 12.2 Å². The van der Waals surface area contributed by atoms with Crippen molar-refractivity contribution in [3.63, 3.8) is 0 Å². The monoisotopic (exact) mass is 368 g/mol. The number of aliphatic hydroxyl groups excluding tert-OH is 1. The van der Waals surface area contributed by atoms with Gasteiger partial charge in [-0.1, -0.05) is 12.1 Å². The third-order valence-electron chi connectivity index (χ3n) is 4.75. The van der Waals surface area contributed by atoms with E-state index in [0.717, 1.165) is 50.2 Å². The molecule has 0 bridgehead atoms. The third-order valence-corrected chi connectivity index (χ3v) is 4.75. The van der Waals surface area contributed by atoms with Crippen LogP contribution >= 0.6 is 0 Å². The Labute approximate surface area is 158 Å². The summed E-state index contributed by atoms with van der Waals surface area (Å²) in [4.78, 5) is 6.68. The molecule has 0 radical (unpaired) electrons. The van der Waals surface area contributed by atoms with Crippen molar-refractivity contribution in [3.8, 4) is 17.6 Å². The summed E-state index contributed by atoms with van der Waals surface area (Å²) in [6.45, 7) is 3.63. The summed E-state index contributed by atoms with van der Waals surface area (Å²) in [5, 5.41) is 9.53. The lowest BCUT2D eigenvalue weighted by molar-refractivity contribution is 0.0800. The number of aromatic nitrogens is 1. The van der Waals surface area contributed by atoms with Gasteiger partial charge in [-0.2, -0.15) is 4.98 Å². The zero-order chi connectivity index (χ0) is 18.5. The first-order valence-electron chi connectivity index (χ1n) is 9.43. The van der Waals surface area contributed by atoms with Crippen LogP contribution < -0.4 is 9.47 Å². The van der Waals surface area contributed by atoms with Crippen molar-refractivity contribution in [2.75, 3.05) is 26.2 Å². The molecule has 3 aromatic rings. The fourth-order valence-electron chi connectivity index (χ4n) is 3.22. The standard InChI is InChI=1S/C21H24N2O4/c24-16-10-13-23(14-11-16)12-3-15-25-17-6-8-18(9-7-17)26-21-22-19-4-1-2-5-20(19)27-21/h1-2,4-9,16,24H,3,10-15H2. The molecule has 4 rings (SSSR count). The van der Waals surface area contributed by atoms with Crippen LogP contribution in [0.5, 0.6) is 17.6 Å². The molecular weight excluding hydrogens is 344 g/mol. The van der Waals surface area contributed by atoms with Crippen LogP contribution in [-0.2, 0) is 0 Å². The average Bonchev–Trinajstić information content (AvgIpc) is 3.10. The summed E-state index contributed by atoms with van der Waals surface area (Å²) in [7, 11) is 0. The molecule has 1 saturated heterocycles. The van der Waals surface area contributed by atoms with Gasteiger partial charge in [-0.3, -0.25) is 0 Å². The van der Waals surface area contributed by atoms with Crippen molar-refractivity contribution >= 4 is 11.1 Å². The maximum atomic E-state index is 9.53. The molecule has 1 aromatic heterocycles. The highest BCUT2D eigenvalue weighted by Gasteiger charge is 2.16. The van der Waals surface area contributed by atoms with Gasteiger partial charge in [-0.05, 0) is 55.7 Å². The molecule has 142 valence electrons. The van der Waals surface area contributed by atoms with Crippen molar-refractivity contribution < 1.29 is 19.0 Å². The maximum Gasteiger partial charge on any atom is 0.400 e. The molecule has 6 nitrogen and oxygen atoms in total. The molecule has 1 aliphatic heterocycles. The van der Waals surface area contributed by atoms with Crippen LogP contribution in [0.2, 0.25) is 0 Å². The smallest absolute Gasteiger partial charge is 0.400 e. The van der Waals surface area contributed by atoms with E-state index in [2.05, 4.69) is 9.88 Å². The Morgan fingerprint density at radius 3 is 2.56 bits per heavy atom. The molecule has 1 N–H and O–H groups in total. The number of likely N-dealkylation sites (tertiary alicyclic amines) is 1. The largest absolute Gasteiger partial charge is 0.494 e. The zero-order valence-corrected chi connectivity index (χ0v) is 15.2. The number of oxazole rings is 1. The summed E-state index contributed by atoms with van der Waals surface area (Å²) < 4.78 is 17.0. The number of piperidine rings is 1. The molecule has 0 aliphatic carbocycles. The van der Waals surface area contributed by atoms with E-state index in [9.17, 15) is 5.11 Å². The lowest BCUT2D eigenvalue weighted by atomic mass is 10.1. The Hall–Kier alpha value is -2.57. The van der Waals surface area contributed by atoms with Crippen LogP contribution in [0.3, 0.4) is 0 Å². The third kappa shape index (κ3) is 4.78. The second-order valence-electron chi connectivity index (χ2n) is 6.80. The van der Waals surface area contributed by atoms with Gasteiger partial charge in [0.1, 0.15) is 17.0 Å². The molecule has 0 amide bonds. The average molecular weight is 368 g/mol. The minimum Gasteiger partial charge on any atom is -0.494 e. The fraction of sp³-hybridized carbons (Fsp3) is 0.381. The number of hydrogen-bond acceptors (Lipinski definition) is 6. The second-order valence-corrected chi connectivity index (χ2v) is 6.80. The van der Waals surface area contributed by atoms with E-state index >= 15 is 0 Å². The van der Waals surface area contributed by atoms with Gasteiger partial charge >= 0.3 is 6.08 Å². The normalized spacial score (nSPS) is 15.9. The van der Waals surface area contributed by atoms with E-state index in [1.807, 2.05) is 48.5 Å². The summed E-state index contributed by atoms with van der Waals surface area (Å²) in [6, 6.07) is 15.0. The van der Waals surface area contributed by atoms with Gasteiger partial charge in [0.2, 0.25) is 0 Å². The van der Waals surface area contributed by atoms with Crippen molar-refractivity contribution in [2.24, 2.45) is 0 Å². The Bertz CT molecular complexity index is 821. The van der Waals surface area contributed by atoms with Crippen LogP contribution in [0.25, 0.3) is 11.1 Å². The molecule has 0 atom stereocenters. The molecule has 1 aliphatic rings. The number of rotatable bonds is 7. The highest BCUT2D eigenvalue weighted by molar-refractivity contribution is 5.72. The van der Waals surface area contributed by atoms with Crippen LogP contribution in [-0.4, -0.2) is 47.3 Å². The predicted octanol–water partition coefficient (Wildman–Crippen LogP) is 3.85. The first-order chi connectivity index (χ1) is 13.3. The molecule has 2 aromatic carbocycles. The molecule has 6 heteroatoms. The Balaban J connectivity index is 1.23. The van der Waals surface area contributed by atoms with Crippen molar-refractivity contribution in [1.82, 2.24) is 9.88 Å². The molecule has 1 fully saturated rings. The fourth-order valence-corrected chi connectivity index (χ4v) is 3.22. The summed E-state index contributed by atoms with van der Waals surface area (Å²) in [6.07, 6.45) is 2.84. The highest BCUT2D eigenvalue weighted by atomic mass is 16.6. The molecular formula is C21H24N2O4. The van der Waals surface area contributed by atoms with Gasteiger partial charge < -0.3 is 23.9 Å². The second kappa shape index (κ2) is 8.41. The van der Waals surface area contributed by atoms with Crippen LogP contribution in [0.15, 0.2) is 52.9 Å². The minimum absolute atomic E-state index is 0.118. The molecule has 0 spiro atoms. The van der Waals surface area contributed by atoms with Gasteiger partial charge in [-0.15, -0.1) is 0 Å². The number of aliphatic hydroxyl groups is 1. The number of benzene rings is 2. The lowest BCUT2D eigenvalue weighted by Gasteiger charge is -2.29. The number of ether oxygens (including phenoxy) is 2. The van der Waals surface area contributed by atoms with Crippen molar-refractivity contribution in [2.45, 2.75) is 25.4 Å². The zero-order valence-electron chi connectivity index (χ0n) is 15.2. The summed E-state index contributed by atoms with van der Waals surface area (Å²) >= 11 is 0. The Morgan fingerprint density at radius 1 is 1.04 bits per heavy atom. The van der Waals surface area contributed by atoms with Crippen molar-refractivity contribution in [3.05, 3.63) is 48.5 Å². The highest BCUT2D eigenvalue weighted by Crippen LogP contribution is 2.26. The first-order valence-corrected chi connectivity index (χ1v) is 9.43. The van der Waals surface area contributed by atoms with Gasteiger partial charge in [0.15, 0.2) is 5.58 Å². The topological polar surface area (TPSA) is 68.0 Å². The molecule has 0 saturated carbocycles. The maximum absolute atomic E-state index is 9.53. The van der Waals surface area contributed by atoms with Gasteiger partial charge in [-0.25, -0.2) is 0 Å². The van der Waals surface area contributed by atoms with Crippen LogP contribution in [0, 0.1) is 0 Å². The Kier molecular flexibility index (Phi) is 5.55. The molecule has 2 heterocycles. The lowest BCUT2D eigenvalue weighted by Crippen LogP contribution is -2.36. The predicted molar refractivity (Wildman–Crippen MR) is 102 cm³/mol. The molecule has 0 unspecified atom stereocenters. The van der Waals surface area contributed by atoms with Crippen LogP contribution in [0.4, 0.5) is 0 Å². The quantitative estimate of drug-likeness (QED) is 0.639.